The summed E-state index contributed by atoms with van der Waals surface area (Å²) in [5.74, 6) is 0.443. The second-order valence-corrected chi connectivity index (χ2v) is 6.97. The van der Waals surface area contributed by atoms with Gasteiger partial charge in [0.25, 0.3) is 0 Å². The van der Waals surface area contributed by atoms with E-state index >= 15 is 0 Å². The van der Waals surface area contributed by atoms with Crippen LogP contribution in [0, 0.1) is 12.8 Å². The molecule has 0 spiro atoms. The minimum atomic E-state index is 0.0969. The highest BCUT2D eigenvalue weighted by molar-refractivity contribution is 5.62. The van der Waals surface area contributed by atoms with Crippen molar-refractivity contribution >= 4 is 0 Å². The Balaban J connectivity index is 1.39. The number of aromatic amines is 2. The molecule has 0 aliphatic carbocycles. The summed E-state index contributed by atoms with van der Waals surface area (Å²) in [6.07, 6.45) is 6.06. The van der Waals surface area contributed by atoms with Gasteiger partial charge in [-0.1, -0.05) is 29.8 Å². The quantitative estimate of drug-likeness (QED) is 0.636. The molecule has 2 atom stereocenters. The molecule has 3 aromatic rings. The minimum Gasteiger partial charge on any atom is -0.372 e. The number of benzene rings is 1. The molecule has 0 saturated carbocycles. The van der Waals surface area contributed by atoms with Crippen molar-refractivity contribution in [2.24, 2.45) is 5.92 Å². The van der Waals surface area contributed by atoms with E-state index in [-0.39, 0.29) is 6.10 Å². The molecule has 0 bridgehead atoms. The van der Waals surface area contributed by atoms with Gasteiger partial charge in [-0.15, -0.1) is 0 Å². The Morgan fingerprint density at radius 1 is 1.15 bits per heavy atom. The Morgan fingerprint density at radius 3 is 2.85 bits per heavy atom. The number of H-pyrrole nitrogens is 2. The average Bonchev–Trinajstić information content (AvgIpc) is 3.35. The molecule has 1 aromatic carbocycles. The summed E-state index contributed by atoms with van der Waals surface area (Å²) >= 11 is 0. The molecule has 1 aliphatic heterocycles. The van der Waals surface area contributed by atoms with E-state index in [9.17, 15) is 0 Å². The van der Waals surface area contributed by atoms with Crippen molar-refractivity contribution in [2.75, 3.05) is 13.2 Å². The second-order valence-electron chi connectivity index (χ2n) is 6.97. The predicted octanol–water partition coefficient (Wildman–Crippen LogP) is 3.37. The van der Waals surface area contributed by atoms with Crippen LogP contribution in [-0.4, -0.2) is 33.5 Å². The van der Waals surface area contributed by atoms with Crippen LogP contribution in [0.4, 0.5) is 0 Å². The highest BCUT2D eigenvalue weighted by Crippen LogP contribution is 2.32. The Bertz CT molecular complexity index is 809. The van der Waals surface area contributed by atoms with Crippen molar-refractivity contribution < 1.29 is 4.74 Å². The SMILES string of the molecule is Cc1ccc(-c2[nH]ncc2CNC[C@@H]2CCCO[C@H]2c2ccn[nH]2)cc1. The van der Waals surface area contributed by atoms with Crippen molar-refractivity contribution in [3.05, 3.63) is 59.5 Å². The fourth-order valence-corrected chi connectivity index (χ4v) is 3.63. The van der Waals surface area contributed by atoms with Gasteiger partial charge in [-0.2, -0.15) is 10.2 Å². The van der Waals surface area contributed by atoms with Gasteiger partial charge in [0.05, 0.1) is 17.6 Å². The molecule has 3 heterocycles. The molecule has 0 unspecified atom stereocenters. The molecule has 1 fully saturated rings. The minimum absolute atomic E-state index is 0.0969. The van der Waals surface area contributed by atoms with Crippen LogP contribution in [0.1, 0.15) is 35.8 Å². The van der Waals surface area contributed by atoms with Crippen molar-refractivity contribution in [3.8, 4) is 11.3 Å². The monoisotopic (exact) mass is 351 g/mol. The first-order valence-electron chi connectivity index (χ1n) is 9.22. The maximum Gasteiger partial charge on any atom is 0.103 e. The standard InChI is InChI=1S/C20H25N5O/c1-14-4-6-15(7-5-14)19-17(13-23-25-19)12-21-11-16-3-2-10-26-20(16)18-8-9-22-24-18/h4-9,13,16,20-21H,2-3,10-12H2,1H3,(H,22,24)(H,23,25)/t16-,20+/m0/s1. The van der Waals surface area contributed by atoms with Crippen LogP contribution in [0.15, 0.2) is 42.7 Å². The van der Waals surface area contributed by atoms with Crippen LogP contribution in [-0.2, 0) is 11.3 Å². The van der Waals surface area contributed by atoms with E-state index in [4.69, 9.17) is 4.74 Å². The number of hydrogen-bond acceptors (Lipinski definition) is 4. The van der Waals surface area contributed by atoms with Gasteiger partial charge < -0.3 is 10.1 Å². The fourth-order valence-electron chi connectivity index (χ4n) is 3.63. The van der Waals surface area contributed by atoms with Gasteiger partial charge in [0.2, 0.25) is 0 Å². The third-order valence-corrected chi connectivity index (χ3v) is 5.05. The molecule has 1 aliphatic rings. The smallest absolute Gasteiger partial charge is 0.103 e. The lowest BCUT2D eigenvalue weighted by atomic mass is 9.92. The first-order chi connectivity index (χ1) is 12.8. The van der Waals surface area contributed by atoms with E-state index in [2.05, 4.69) is 56.9 Å². The summed E-state index contributed by atoms with van der Waals surface area (Å²) < 4.78 is 6.00. The number of aromatic nitrogens is 4. The summed E-state index contributed by atoms with van der Waals surface area (Å²) in [5, 5.41) is 18.1. The van der Waals surface area contributed by atoms with Crippen molar-refractivity contribution in [1.82, 2.24) is 25.7 Å². The molecule has 26 heavy (non-hydrogen) atoms. The number of nitrogens with one attached hydrogen (secondary N) is 3. The van der Waals surface area contributed by atoms with E-state index < -0.39 is 0 Å². The number of rotatable bonds is 6. The summed E-state index contributed by atoms with van der Waals surface area (Å²) in [4.78, 5) is 0. The molecular weight excluding hydrogens is 326 g/mol. The topological polar surface area (TPSA) is 78.6 Å². The molecule has 6 heteroatoms. The summed E-state index contributed by atoms with van der Waals surface area (Å²) in [6.45, 7) is 4.61. The van der Waals surface area contributed by atoms with Gasteiger partial charge in [-0.05, 0) is 31.4 Å². The Kier molecular flexibility index (Phi) is 5.13. The van der Waals surface area contributed by atoms with Gasteiger partial charge in [-0.25, -0.2) is 0 Å². The number of aryl methyl sites for hydroxylation is 1. The van der Waals surface area contributed by atoms with E-state index in [0.29, 0.717) is 5.92 Å². The van der Waals surface area contributed by atoms with Crippen LogP contribution in [0.25, 0.3) is 11.3 Å². The second kappa shape index (κ2) is 7.85. The lowest BCUT2D eigenvalue weighted by Gasteiger charge is -2.31. The zero-order valence-electron chi connectivity index (χ0n) is 15.0. The van der Waals surface area contributed by atoms with Gasteiger partial charge in [0, 0.05) is 37.4 Å². The van der Waals surface area contributed by atoms with Crippen LogP contribution < -0.4 is 5.32 Å². The Labute approximate surface area is 153 Å². The normalized spacial score (nSPS) is 20.3. The van der Waals surface area contributed by atoms with E-state index in [0.717, 1.165) is 43.9 Å². The summed E-state index contributed by atoms with van der Waals surface area (Å²) in [6, 6.07) is 10.5. The van der Waals surface area contributed by atoms with E-state index in [1.807, 2.05) is 12.3 Å². The largest absolute Gasteiger partial charge is 0.372 e. The fraction of sp³-hybridized carbons (Fsp3) is 0.400. The maximum absolute atomic E-state index is 6.00. The van der Waals surface area contributed by atoms with Crippen molar-refractivity contribution in [1.29, 1.82) is 0 Å². The first kappa shape index (κ1) is 17.0. The molecule has 3 N–H and O–H groups in total. The van der Waals surface area contributed by atoms with Crippen LogP contribution >= 0.6 is 0 Å². The zero-order valence-corrected chi connectivity index (χ0v) is 15.0. The summed E-state index contributed by atoms with van der Waals surface area (Å²) in [5.41, 5.74) is 5.77. The van der Waals surface area contributed by atoms with Crippen LogP contribution in [0.2, 0.25) is 0 Å². The van der Waals surface area contributed by atoms with Gasteiger partial charge in [0.15, 0.2) is 0 Å². The number of hydrogen-bond donors (Lipinski definition) is 3. The number of ether oxygens (including phenoxy) is 1. The molecule has 1 saturated heterocycles. The van der Waals surface area contributed by atoms with Gasteiger partial charge in [0.1, 0.15) is 6.10 Å². The highest BCUT2D eigenvalue weighted by atomic mass is 16.5. The van der Waals surface area contributed by atoms with E-state index in [1.165, 1.54) is 16.7 Å². The Morgan fingerprint density at radius 2 is 2.04 bits per heavy atom. The van der Waals surface area contributed by atoms with Gasteiger partial charge >= 0.3 is 0 Å². The average molecular weight is 351 g/mol. The van der Waals surface area contributed by atoms with Crippen molar-refractivity contribution in [2.45, 2.75) is 32.4 Å². The molecule has 0 radical (unpaired) electrons. The molecule has 2 aromatic heterocycles. The zero-order chi connectivity index (χ0) is 17.8. The highest BCUT2D eigenvalue weighted by Gasteiger charge is 2.28. The molecular formula is C20H25N5O. The lowest BCUT2D eigenvalue weighted by Crippen LogP contribution is -2.32. The third kappa shape index (κ3) is 3.71. The third-order valence-electron chi connectivity index (χ3n) is 5.05. The van der Waals surface area contributed by atoms with Crippen molar-refractivity contribution in [3.63, 3.8) is 0 Å². The molecule has 0 amide bonds. The maximum atomic E-state index is 6.00. The molecule has 136 valence electrons. The predicted molar refractivity (Wildman–Crippen MR) is 100 cm³/mol. The van der Waals surface area contributed by atoms with Crippen LogP contribution in [0.3, 0.4) is 0 Å². The number of nitrogens with zero attached hydrogens (tertiary/aromatic N) is 2. The Hall–Kier alpha value is -2.44. The van der Waals surface area contributed by atoms with Crippen LogP contribution in [0.5, 0.6) is 0 Å². The van der Waals surface area contributed by atoms with E-state index in [1.54, 1.807) is 6.20 Å². The summed E-state index contributed by atoms with van der Waals surface area (Å²) in [7, 11) is 0. The molecule has 4 rings (SSSR count). The lowest BCUT2D eigenvalue weighted by molar-refractivity contribution is -0.0303. The molecule has 6 nitrogen and oxygen atoms in total. The van der Waals surface area contributed by atoms with Gasteiger partial charge in [-0.3, -0.25) is 10.2 Å². The first-order valence-corrected chi connectivity index (χ1v) is 9.22.